The van der Waals surface area contributed by atoms with Gasteiger partial charge >= 0.3 is 0 Å². The zero-order valence-electron chi connectivity index (χ0n) is 12.5. The van der Waals surface area contributed by atoms with Crippen molar-refractivity contribution < 1.29 is 9.53 Å². The molecule has 0 spiro atoms. The Morgan fingerprint density at radius 2 is 2.05 bits per heavy atom. The van der Waals surface area contributed by atoms with Crippen molar-refractivity contribution in [2.75, 3.05) is 13.7 Å². The molecule has 0 aliphatic heterocycles. The van der Waals surface area contributed by atoms with Crippen molar-refractivity contribution in [1.82, 2.24) is 9.78 Å². The highest BCUT2D eigenvalue weighted by molar-refractivity contribution is 6.09. The summed E-state index contributed by atoms with van der Waals surface area (Å²) in [6, 6.07) is 7.53. The van der Waals surface area contributed by atoms with Crippen LogP contribution >= 0.6 is 0 Å². The number of methoxy groups -OCH3 is 1. The van der Waals surface area contributed by atoms with Gasteiger partial charge in [0, 0.05) is 12.1 Å². The average Bonchev–Trinajstić information content (AvgIpc) is 2.91. The van der Waals surface area contributed by atoms with Gasteiger partial charge in [-0.1, -0.05) is 31.2 Å². The lowest BCUT2D eigenvalue weighted by Crippen LogP contribution is -2.12. The predicted octanol–water partition coefficient (Wildman–Crippen LogP) is 2.03. The molecule has 2 aromatic rings. The highest BCUT2D eigenvalue weighted by Gasteiger charge is 2.20. The van der Waals surface area contributed by atoms with Crippen LogP contribution in [0, 0.1) is 0 Å². The minimum absolute atomic E-state index is 0.0721. The Morgan fingerprint density at radius 3 is 2.62 bits per heavy atom. The molecule has 0 fully saturated rings. The Morgan fingerprint density at radius 1 is 1.33 bits per heavy atom. The van der Waals surface area contributed by atoms with Gasteiger partial charge in [-0.3, -0.25) is 9.48 Å². The molecule has 0 atom stereocenters. The molecule has 0 aliphatic carbocycles. The summed E-state index contributed by atoms with van der Waals surface area (Å²) in [5.74, 6) is 0.441. The second kappa shape index (κ2) is 7.04. The van der Waals surface area contributed by atoms with Gasteiger partial charge in [-0.2, -0.15) is 5.10 Å². The van der Waals surface area contributed by atoms with Crippen molar-refractivity contribution >= 4 is 5.78 Å². The number of hydrogen-bond donors (Lipinski definition) is 1. The summed E-state index contributed by atoms with van der Waals surface area (Å²) in [5, 5.41) is 4.22. The largest absolute Gasteiger partial charge is 0.493 e. The maximum Gasteiger partial charge on any atom is 0.214 e. The summed E-state index contributed by atoms with van der Waals surface area (Å²) >= 11 is 0. The molecule has 0 radical (unpaired) electrons. The number of ketones is 1. The van der Waals surface area contributed by atoms with Gasteiger partial charge in [-0.05, 0) is 24.9 Å². The lowest BCUT2D eigenvalue weighted by Gasteiger charge is -2.08. The number of rotatable bonds is 7. The van der Waals surface area contributed by atoms with Crippen LogP contribution in [0.5, 0.6) is 5.75 Å². The van der Waals surface area contributed by atoms with E-state index in [-0.39, 0.29) is 5.78 Å². The lowest BCUT2D eigenvalue weighted by molar-refractivity contribution is 0.102. The quantitative estimate of drug-likeness (QED) is 0.791. The summed E-state index contributed by atoms with van der Waals surface area (Å²) in [6.07, 6.45) is 3.30. The van der Waals surface area contributed by atoms with Gasteiger partial charge in [-0.15, -0.1) is 0 Å². The highest BCUT2D eigenvalue weighted by atomic mass is 16.5. The van der Waals surface area contributed by atoms with Crippen molar-refractivity contribution in [3.05, 3.63) is 47.3 Å². The molecule has 5 heteroatoms. The molecule has 0 unspecified atom stereocenters. The van der Waals surface area contributed by atoms with Crippen LogP contribution in [0.3, 0.4) is 0 Å². The summed E-state index contributed by atoms with van der Waals surface area (Å²) in [7, 11) is 1.55. The van der Waals surface area contributed by atoms with Crippen LogP contribution in [0.25, 0.3) is 0 Å². The average molecular weight is 287 g/mol. The molecule has 0 bridgehead atoms. The third-order valence-electron chi connectivity index (χ3n) is 3.33. The smallest absolute Gasteiger partial charge is 0.214 e. The Labute approximate surface area is 124 Å². The number of carbonyl (C=O) groups is 1. The zero-order chi connectivity index (χ0) is 15.2. The molecule has 0 saturated heterocycles. The third kappa shape index (κ3) is 3.31. The maximum absolute atomic E-state index is 12.7. The second-order valence-corrected chi connectivity index (χ2v) is 4.85. The first-order valence-electron chi connectivity index (χ1n) is 7.14. The number of benzene rings is 1. The van der Waals surface area contributed by atoms with Gasteiger partial charge in [0.2, 0.25) is 5.78 Å². The van der Waals surface area contributed by atoms with Crippen molar-refractivity contribution in [3.8, 4) is 5.75 Å². The van der Waals surface area contributed by atoms with Crippen LogP contribution in [0.1, 0.15) is 35.0 Å². The molecule has 2 N–H and O–H groups in total. The van der Waals surface area contributed by atoms with Crippen molar-refractivity contribution in [1.29, 1.82) is 0 Å². The maximum atomic E-state index is 12.7. The minimum atomic E-state index is -0.0721. The normalized spacial score (nSPS) is 10.6. The van der Waals surface area contributed by atoms with E-state index in [0.29, 0.717) is 30.1 Å². The van der Waals surface area contributed by atoms with Crippen LogP contribution in [0.4, 0.5) is 0 Å². The molecule has 5 nitrogen and oxygen atoms in total. The molecular formula is C16H21N3O2. The van der Waals surface area contributed by atoms with Gasteiger partial charge in [0.25, 0.3) is 0 Å². The Kier molecular flexibility index (Phi) is 5.11. The Bertz CT molecular complexity index is 602. The van der Waals surface area contributed by atoms with Crippen LogP contribution in [0.2, 0.25) is 0 Å². The first-order chi connectivity index (χ1) is 10.2. The third-order valence-corrected chi connectivity index (χ3v) is 3.33. The molecule has 2 rings (SSSR count). The monoisotopic (exact) mass is 287 g/mol. The van der Waals surface area contributed by atoms with E-state index in [1.165, 1.54) is 0 Å². The molecule has 0 amide bonds. The first kappa shape index (κ1) is 15.3. The summed E-state index contributed by atoms with van der Waals surface area (Å²) in [4.78, 5) is 12.7. The molecule has 1 heterocycles. The van der Waals surface area contributed by atoms with Crippen molar-refractivity contribution in [3.63, 3.8) is 0 Å². The topological polar surface area (TPSA) is 70.1 Å². The summed E-state index contributed by atoms with van der Waals surface area (Å²) in [5.41, 5.74) is 7.80. The van der Waals surface area contributed by atoms with Gasteiger partial charge in [0.1, 0.15) is 0 Å². The number of carbonyl (C=O) groups excluding carboxylic acids is 1. The van der Waals surface area contributed by atoms with Crippen LogP contribution < -0.4 is 10.5 Å². The number of hydrogen-bond acceptors (Lipinski definition) is 4. The fraction of sp³-hybridized carbons (Fsp3) is 0.375. The van der Waals surface area contributed by atoms with E-state index in [1.54, 1.807) is 18.0 Å². The van der Waals surface area contributed by atoms with E-state index >= 15 is 0 Å². The van der Waals surface area contributed by atoms with E-state index in [9.17, 15) is 4.79 Å². The standard InChI is InChI=1S/C16H21N3O2/c1-3-10-19-15(14(21-2)11-18-19)16(20)13-6-4-12(5-7-13)8-9-17/h4-7,11H,3,8-10,17H2,1-2H3. The SMILES string of the molecule is CCCn1ncc(OC)c1C(=O)c1ccc(CCN)cc1. The highest BCUT2D eigenvalue weighted by Crippen LogP contribution is 2.22. The molecule has 0 saturated carbocycles. The molecular weight excluding hydrogens is 266 g/mol. The van der Waals surface area contributed by atoms with E-state index in [2.05, 4.69) is 5.10 Å². The van der Waals surface area contributed by atoms with Gasteiger partial charge < -0.3 is 10.5 Å². The number of aromatic nitrogens is 2. The fourth-order valence-corrected chi connectivity index (χ4v) is 2.25. The number of aryl methyl sites for hydroxylation is 1. The summed E-state index contributed by atoms with van der Waals surface area (Å²) < 4.78 is 6.96. The molecule has 1 aromatic carbocycles. The predicted molar refractivity (Wildman–Crippen MR) is 81.7 cm³/mol. The van der Waals surface area contributed by atoms with E-state index in [0.717, 1.165) is 18.4 Å². The minimum Gasteiger partial charge on any atom is -0.493 e. The molecule has 21 heavy (non-hydrogen) atoms. The van der Waals surface area contributed by atoms with Crippen molar-refractivity contribution in [2.24, 2.45) is 5.73 Å². The lowest BCUT2D eigenvalue weighted by atomic mass is 10.0. The first-order valence-corrected chi connectivity index (χ1v) is 7.14. The summed E-state index contributed by atoms with van der Waals surface area (Å²) in [6.45, 7) is 3.34. The molecule has 112 valence electrons. The Hall–Kier alpha value is -2.14. The number of nitrogens with zero attached hydrogens (tertiary/aromatic N) is 2. The zero-order valence-corrected chi connectivity index (χ0v) is 12.5. The second-order valence-electron chi connectivity index (χ2n) is 4.85. The van der Waals surface area contributed by atoms with Crippen LogP contribution in [-0.2, 0) is 13.0 Å². The van der Waals surface area contributed by atoms with Gasteiger partial charge in [-0.25, -0.2) is 0 Å². The Balaban J connectivity index is 2.32. The fourth-order valence-electron chi connectivity index (χ4n) is 2.25. The van der Waals surface area contributed by atoms with Crippen molar-refractivity contribution in [2.45, 2.75) is 26.3 Å². The van der Waals surface area contributed by atoms with Gasteiger partial charge in [0.05, 0.1) is 13.3 Å². The number of nitrogens with two attached hydrogens (primary N) is 1. The molecule has 0 aliphatic rings. The van der Waals surface area contributed by atoms with E-state index < -0.39 is 0 Å². The van der Waals surface area contributed by atoms with Gasteiger partial charge in [0.15, 0.2) is 11.4 Å². The van der Waals surface area contributed by atoms with Crippen LogP contribution in [0.15, 0.2) is 30.5 Å². The molecule has 1 aromatic heterocycles. The number of ether oxygens (including phenoxy) is 1. The van der Waals surface area contributed by atoms with E-state index in [1.807, 2.05) is 31.2 Å². The van der Waals surface area contributed by atoms with E-state index in [4.69, 9.17) is 10.5 Å². The van der Waals surface area contributed by atoms with Crippen LogP contribution in [-0.4, -0.2) is 29.2 Å².